The van der Waals surface area contributed by atoms with Gasteiger partial charge in [0.25, 0.3) is 0 Å². The van der Waals surface area contributed by atoms with Crippen LogP contribution in [0.15, 0.2) is 23.6 Å². The number of hydrogen-bond donors (Lipinski definition) is 1. The molecular formula is C17H21N3OS. The van der Waals surface area contributed by atoms with Crippen molar-refractivity contribution in [1.82, 2.24) is 4.98 Å². The molecule has 1 aliphatic rings. The molecule has 0 saturated carbocycles. The lowest BCUT2D eigenvalue weighted by atomic mass is 9.91. The van der Waals surface area contributed by atoms with Crippen molar-refractivity contribution in [3.05, 3.63) is 29.1 Å². The highest BCUT2D eigenvalue weighted by Gasteiger charge is 2.27. The Morgan fingerprint density at radius 3 is 2.82 bits per heavy atom. The number of hydrogen-bond acceptors (Lipinski definition) is 4. The van der Waals surface area contributed by atoms with Gasteiger partial charge in [0.15, 0.2) is 5.13 Å². The summed E-state index contributed by atoms with van der Waals surface area (Å²) in [7, 11) is 0. The van der Waals surface area contributed by atoms with Crippen LogP contribution in [0.1, 0.15) is 32.8 Å². The van der Waals surface area contributed by atoms with E-state index in [0.29, 0.717) is 11.6 Å². The van der Waals surface area contributed by atoms with Crippen LogP contribution in [0.3, 0.4) is 0 Å². The molecule has 0 bridgehead atoms. The van der Waals surface area contributed by atoms with Gasteiger partial charge in [0.1, 0.15) is 0 Å². The highest BCUT2D eigenvalue weighted by Crippen LogP contribution is 2.34. The van der Waals surface area contributed by atoms with Crippen molar-refractivity contribution in [1.29, 1.82) is 0 Å². The highest BCUT2D eigenvalue weighted by molar-refractivity contribution is 7.13. The number of thiazole rings is 1. The standard InChI is InChI=1S/C17H21N3OS/c1-17(2,3)9-15(21)20-7-6-12-8-11(4-5-14(12)20)13-10-22-16(18)19-13/h4-5,8,10H,6-7,9H2,1-3H3,(H2,18,19). The van der Waals surface area contributed by atoms with Crippen molar-refractivity contribution in [2.45, 2.75) is 33.6 Å². The van der Waals surface area contributed by atoms with Crippen LogP contribution < -0.4 is 10.6 Å². The predicted octanol–water partition coefficient (Wildman–Crippen LogP) is 3.72. The second-order valence-corrected chi connectivity index (χ2v) is 7.84. The Labute approximate surface area is 135 Å². The van der Waals surface area contributed by atoms with Gasteiger partial charge in [-0.3, -0.25) is 4.79 Å². The molecule has 2 N–H and O–H groups in total. The van der Waals surface area contributed by atoms with Crippen LogP contribution in [0, 0.1) is 5.41 Å². The number of anilines is 2. The lowest BCUT2D eigenvalue weighted by molar-refractivity contribution is -0.120. The summed E-state index contributed by atoms with van der Waals surface area (Å²) in [5, 5.41) is 2.55. The number of nitrogen functional groups attached to an aromatic ring is 1. The molecule has 0 aliphatic carbocycles. The molecule has 0 radical (unpaired) electrons. The van der Waals surface area contributed by atoms with Gasteiger partial charge in [-0.25, -0.2) is 4.98 Å². The molecule has 22 heavy (non-hydrogen) atoms. The first-order chi connectivity index (χ1) is 10.3. The Kier molecular flexibility index (Phi) is 3.68. The van der Waals surface area contributed by atoms with E-state index in [4.69, 9.17) is 5.73 Å². The molecule has 1 aliphatic heterocycles. The Balaban J connectivity index is 1.85. The summed E-state index contributed by atoms with van der Waals surface area (Å²) < 4.78 is 0. The summed E-state index contributed by atoms with van der Waals surface area (Å²) >= 11 is 1.45. The molecule has 1 aromatic heterocycles. The van der Waals surface area contributed by atoms with Gasteiger partial charge in [-0.2, -0.15) is 0 Å². The van der Waals surface area contributed by atoms with E-state index in [-0.39, 0.29) is 11.3 Å². The number of benzene rings is 1. The fourth-order valence-corrected chi connectivity index (χ4v) is 3.36. The molecule has 2 heterocycles. The summed E-state index contributed by atoms with van der Waals surface area (Å²) in [5.74, 6) is 0.205. The van der Waals surface area contributed by atoms with Crippen molar-refractivity contribution >= 4 is 28.1 Å². The van der Waals surface area contributed by atoms with Crippen molar-refractivity contribution < 1.29 is 4.79 Å². The molecule has 0 unspecified atom stereocenters. The molecule has 1 amide bonds. The van der Waals surface area contributed by atoms with Crippen molar-refractivity contribution in [3.8, 4) is 11.3 Å². The van der Waals surface area contributed by atoms with Gasteiger partial charge in [0.05, 0.1) is 5.69 Å². The molecule has 0 saturated heterocycles. The van der Waals surface area contributed by atoms with Gasteiger partial charge in [-0.15, -0.1) is 11.3 Å². The van der Waals surface area contributed by atoms with Gasteiger partial charge in [0.2, 0.25) is 5.91 Å². The van der Waals surface area contributed by atoms with Gasteiger partial charge in [-0.1, -0.05) is 26.8 Å². The minimum absolute atomic E-state index is 0.0118. The monoisotopic (exact) mass is 315 g/mol. The zero-order valence-electron chi connectivity index (χ0n) is 13.2. The van der Waals surface area contributed by atoms with E-state index in [1.54, 1.807) is 0 Å². The number of nitrogens with two attached hydrogens (primary N) is 1. The average molecular weight is 315 g/mol. The number of amides is 1. The Morgan fingerprint density at radius 1 is 1.41 bits per heavy atom. The summed E-state index contributed by atoms with van der Waals surface area (Å²) in [6.45, 7) is 7.06. The first-order valence-electron chi connectivity index (χ1n) is 7.48. The van der Waals surface area contributed by atoms with Gasteiger partial charge in [-0.05, 0) is 29.5 Å². The van der Waals surface area contributed by atoms with Crippen LogP contribution >= 0.6 is 11.3 Å². The van der Waals surface area contributed by atoms with Crippen LogP contribution in [0.25, 0.3) is 11.3 Å². The number of fused-ring (bicyclic) bond motifs is 1. The van der Waals surface area contributed by atoms with Crippen molar-refractivity contribution in [2.24, 2.45) is 5.41 Å². The van der Waals surface area contributed by atoms with Crippen LogP contribution in [-0.4, -0.2) is 17.4 Å². The number of carbonyl (C=O) groups excluding carboxylic acids is 1. The topological polar surface area (TPSA) is 59.2 Å². The summed E-state index contributed by atoms with van der Waals surface area (Å²) in [5.41, 5.74) is 9.95. The maximum atomic E-state index is 12.5. The molecule has 116 valence electrons. The maximum absolute atomic E-state index is 12.5. The molecule has 0 atom stereocenters. The third kappa shape index (κ3) is 2.99. The zero-order chi connectivity index (χ0) is 15.9. The maximum Gasteiger partial charge on any atom is 0.227 e. The van der Waals surface area contributed by atoms with Crippen molar-refractivity contribution in [2.75, 3.05) is 17.2 Å². The lowest BCUT2D eigenvalue weighted by Gasteiger charge is -2.23. The predicted molar refractivity (Wildman–Crippen MR) is 92.1 cm³/mol. The largest absolute Gasteiger partial charge is 0.375 e. The van der Waals surface area contributed by atoms with E-state index >= 15 is 0 Å². The van der Waals surface area contributed by atoms with Crippen molar-refractivity contribution in [3.63, 3.8) is 0 Å². The Morgan fingerprint density at radius 2 is 2.18 bits per heavy atom. The quantitative estimate of drug-likeness (QED) is 0.919. The average Bonchev–Trinajstić information content (AvgIpc) is 3.01. The van der Waals surface area contributed by atoms with Crippen LogP contribution in [0.5, 0.6) is 0 Å². The Bertz CT molecular complexity index is 715. The number of aromatic nitrogens is 1. The SMILES string of the molecule is CC(C)(C)CC(=O)N1CCc2cc(-c3csc(N)n3)ccc21. The van der Waals surface area contributed by atoms with Gasteiger partial charge >= 0.3 is 0 Å². The van der Waals surface area contributed by atoms with Crippen LogP contribution in [0.2, 0.25) is 0 Å². The zero-order valence-corrected chi connectivity index (χ0v) is 14.0. The highest BCUT2D eigenvalue weighted by atomic mass is 32.1. The first kappa shape index (κ1) is 15.0. The number of nitrogens with zero attached hydrogens (tertiary/aromatic N) is 2. The number of carbonyl (C=O) groups is 1. The molecule has 1 aromatic carbocycles. The smallest absolute Gasteiger partial charge is 0.227 e. The second kappa shape index (κ2) is 5.39. The minimum Gasteiger partial charge on any atom is -0.375 e. The third-order valence-electron chi connectivity index (χ3n) is 3.78. The summed E-state index contributed by atoms with van der Waals surface area (Å²) in [6, 6.07) is 6.19. The van der Waals surface area contributed by atoms with Crippen LogP contribution in [-0.2, 0) is 11.2 Å². The molecule has 3 rings (SSSR count). The summed E-state index contributed by atoms with van der Waals surface area (Å²) in [6.07, 6.45) is 1.47. The van der Waals surface area contributed by atoms with Gasteiger partial charge < -0.3 is 10.6 Å². The van der Waals surface area contributed by atoms with E-state index in [1.807, 2.05) is 22.4 Å². The molecular weight excluding hydrogens is 294 g/mol. The molecule has 5 heteroatoms. The Hall–Kier alpha value is -1.88. The molecule has 4 nitrogen and oxygen atoms in total. The third-order valence-corrected chi connectivity index (χ3v) is 4.45. The summed E-state index contributed by atoms with van der Waals surface area (Å²) in [4.78, 5) is 18.7. The molecule has 0 spiro atoms. The van der Waals surface area contributed by atoms with E-state index < -0.39 is 0 Å². The fraction of sp³-hybridized carbons (Fsp3) is 0.412. The molecule has 0 fully saturated rings. The number of rotatable bonds is 2. The van der Waals surface area contributed by atoms with E-state index in [0.717, 1.165) is 29.9 Å². The van der Waals surface area contributed by atoms with E-state index in [2.05, 4.69) is 31.8 Å². The first-order valence-corrected chi connectivity index (χ1v) is 8.36. The fourth-order valence-electron chi connectivity index (χ4n) is 2.79. The van der Waals surface area contributed by atoms with Crippen LogP contribution in [0.4, 0.5) is 10.8 Å². The van der Waals surface area contributed by atoms with E-state index in [9.17, 15) is 4.79 Å². The normalized spacial score (nSPS) is 14.2. The molecule has 2 aromatic rings. The van der Waals surface area contributed by atoms with Gasteiger partial charge in [0, 0.05) is 29.6 Å². The lowest BCUT2D eigenvalue weighted by Crippen LogP contribution is -2.31. The minimum atomic E-state index is 0.0118. The van der Waals surface area contributed by atoms with E-state index in [1.165, 1.54) is 16.9 Å². The second-order valence-electron chi connectivity index (χ2n) is 6.95.